The van der Waals surface area contributed by atoms with Gasteiger partial charge >= 0.3 is 0 Å². The van der Waals surface area contributed by atoms with Gasteiger partial charge in [-0.05, 0) is 73.6 Å². The van der Waals surface area contributed by atoms with E-state index in [0.29, 0.717) is 34.8 Å². The number of hydrogen-bond donors (Lipinski definition) is 1. The van der Waals surface area contributed by atoms with Crippen molar-refractivity contribution in [2.75, 3.05) is 20.3 Å². The molecule has 0 saturated carbocycles. The zero-order valence-corrected chi connectivity index (χ0v) is 16.8. The molecule has 3 rings (SSSR count). The highest BCUT2D eigenvalue weighted by molar-refractivity contribution is 8.18. The number of ether oxygens (including phenoxy) is 3. The molecule has 0 radical (unpaired) electrons. The summed E-state index contributed by atoms with van der Waals surface area (Å²) in [6.07, 6.45) is 1.80. The summed E-state index contributed by atoms with van der Waals surface area (Å²) in [6.45, 7) is 5.03. The van der Waals surface area contributed by atoms with E-state index in [1.807, 2.05) is 56.3 Å². The first kappa shape index (κ1) is 19.8. The fourth-order valence-corrected chi connectivity index (χ4v) is 3.42. The SMILES string of the molecule is CCOc1ccc(N=C2NC(=O)/C(=C/c3ccc(OCC)c(OC)c3)S2)cc1. The predicted molar refractivity (Wildman–Crippen MR) is 113 cm³/mol. The number of nitrogens with one attached hydrogen (secondary N) is 1. The predicted octanol–water partition coefficient (Wildman–Crippen LogP) is 4.38. The number of thioether (sulfide) groups is 1. The van der Waals surface area contributed by atoms with E-state index in [2.05, 4.69) is 10.3 Å². The Kier molecular flexibility index (Phi) is 6.60. The minimum atomic E-state index is -0.178. The Morgan fingerprint density at radius 2 is 1.79 bits per heavy atom. The standard InChI is InChI=1S/C21H22N2O4S/c1-4-26-16-9-7-15(8-10-16)22-21-23-20(24)19(28-21)13-14-6-11-17(27-5-2)18(12-14)25-3/h6-13H,4-5H2,1-3H3,(H,22,23,24)/b19-13-. The number of nitrogens with zero attached hydrogens (tertiary/aromatic N) is 1. The van der Waals surface area contributed by atoms with Crippen LogP contribution in [0.1, 0.15) is 19.4 Å². The van der Waals surface area contributed by atoms with Crippen LogP contribution in [-0.2, 0) is 4.79 Å². The third-order valence-electron chi connectivity index (χ3n) is 3.81. The van der Waals surface area contributed by atoms with E-state index < -0.39 is 0 Å². The van der Waals surface area contributed by atoms with Crippen molar-refractivity contribution in [2.45, 2.75) is 13.8 Å². The van der Waals surface area contributed by atoms with Crippen molar-refractivity contribution in [3.05, 3.63) is 52.9 Å². The van der Waals surface area contributed by atoms with Gasteiger partial charge in [0.25, 0.3) is 5.91 Å². The second kappa shape index (κ2) is 9.32. The Bertz CT molecular complexity index is 907. The van der Waals surface area contributed by atoms with Crippen molar-refractivity contribution < 1.29 is 19.0 Å². The fourth-order valence-electron chi connectivity index (χ4n) is 2.58. The largest absolute Gasteiger partial charge is 0.494 e. The average Bonchev–Trinajstić information content (AvgIpc) is 3.03. The van der Waals surface area contributed by atoms with Gasteiger partial charge in [0.15, 0.2) is 16.7 Å². The Labute approximate surface area is 168 Å². The topological polar surface area (TPSA) is 69.2 Å². The summed E-state index contributed by atoms with van der Waals surface area (Å²) in [5, 5.41) is 3.33. The second-order valence-electron chi connectivity index (χ2n) is 5.75. The summed E-state index contributed by atoms with van der Waals surface area (Å²) in [5.74, 6) is 1.92. The summed E-state index contributed by atoms with van der Waals surface area (Å²) in [4.78, 5) is 17.3. The lowest BCUT2D eigenvalue weighted by molar-refractivity contribution is -0.115. The van der Waals surface area contributed by atoms with Crippen molar-refractivity contribution in [1.29, 1.82) is 0 Å². The van der Waals surface area contributed by atoms with E-state index in [0.717, 1.165) is 17.0 Å². The van der Waals surface area contributed by atoms with Crippen LogP contribution in [0.5, 0.6) is 17.2 Å². The number of amides is 1. The van der Waals surface area contributed by atoms with Crippen molar-refractivity contribution >= 4 is 34.6 Å². The summed E-state index contributed by atoms with van der Waals surface area (Å²) in [7, 11) is 1.59. The smallest absolute Gasteiger partial charge is 0.264 e. The van der Waals surface area contributed by atoms with Crippen LogP contribution in [0.2, 0.25) is 0 Å². The van der Waals surface area contributed by atoms with Gasteiger partial charge in [-0.2, -0.15) is 0 Å². The maximum absolute atomic E-state index is 12.3. The van der Waals surface area contributed by atoms with Gasteiger partial charge < -0.3 is 19.5 Å². The third-order valence-corrected chi connectivity index (χ3v) is 4.72. The van der Waals surface area contributed by atoms with Crippen LogP contribution < -0.4 is 19.5 Å². The van der Waals surface area contributed by atoms with Crippen LogP contribution in [0.25, 0.3) is 6.08 Å². The Morgan fingerprint density at radius 1 is 1.04 bits per heavy atom. The number of hydrogen-bond acceptors (Lipinski definition) is 6. The fraction of sp³-hybridized carbons (Fsp3) is 0.238. The Hall–Kier alpha value is -2.93. The molecule has 28 heavy (non-hydrogen) atoms. The number of rotatable bonds is 7. The van der Waals surface area contributed by atoms with Gasteiger partial charge in [0.05, 0.1) is 30.9 Å². The van der Waals surface area contributed by atoms with E-state index in [1.54, 1.807) is 13.2 Å². The Morgan fingerprint density at radius 3 is 2.46 bits per heavy atom. The second-order valence-corrected chi connectivity index (χ2v) is 6.78. The monoisotopic (exact) mass is 398 g/mol. The van der Waals surface area contributed by atoms with E-state index in [-0.39, 0.29) is 5.91 Å². The minimum Gasteiger partial charge on any atom is -0.494 e. The first-order chi connectivity index (χ1) is 13.6. The molecule has 2 aromatic rings. The highest BCUT2D eigenvalue weighted by Crippen LogP contribution is 2.32. The summed E-state index contributed by atoms with van der Waals surface area (Å²) in [5.41, 5.74) is 1.59. The van der Waals surface area contributed by atoms with Gasteiger partial charge in [0.1, 0.15) is 5.75 Å². The highest BCUT2D eigenvalue weighted by atomic mass is 32.2. The van der Waals surface area contributed by atoms with E-state index in [1.165, 1.54) is 11.8 Å². The number of methoxy groups -OCH3 is 1. The number of benzene rings is 2. The van der Waals surface area contributed by atoms with Gasteiger partial charge in [0.2, 0.25) is 0 Å². The molecule has 6 nitrogen and oxygen atoms in total. The lowest BCUT2D eigenvalue weighted by Gasteiger charge is -2.09. The number of aliphatic imine (C=N–C) groups is 1. The van der Waals surface area contributed by atoms with Gasteiger partial charge in [-0.1, -0.05) is 6.07 Å². The van der Waals surface area contributed by atoms with Crippen LogP contribution in [0.15, 0.2) is 52.4 Å². The van der Waals surface area contributed by atoms with E-state index in [4.69, 9.17) is 14.2 Å². The summed E-state index contributed by atoms with van der Waals surface area (Å²) < 4.78 is 16.3. The van der Waals surface area contributed by atoms with Gasteiger partial charge in [0, 0.05) is 0 Å². The maximum atomic E-state index is 12.3. The summed E-state index contributed by atoms with van der Waals surface area (Å²) in [6, 6.07) is 13.0. The lowest BCUT2D eigenvalue weighted by atomic mass is 10.2. The first-order valence-corrected chi connectivity index (χ1v) is 9.78. The van der Waals surface area contributed by atoms with Crippen LogP contribution in [0, 0.1) is 0 Å². The van der Waals surface area contributed by atoms with Gasteiger partial charge in [-0.15, -0.1) is 0 Å². The average molecular weight is 398 g/mol. The van der Waals surface area contributed by atoms with Crippen LogP contribution >= 0.6 is 11.8 Å². The quantitative estimate of drug-likeness (QED) is 0.701. The zero-order valence-electron chi connectivity index (χ0n) is 16.0. The van der Waals surface area contributed by atoms with Crippen LogP contribution in [0.4, 0.5) is 5.69 Å². The molecule has 0 spiro atoms. The molecule has 2 aromatic carbocycles. The van der Waals surface area contributed by atoms with Crippen molar-refractivity contribution in [3.8, 4) is 17.2 Å². The molecule has 0 unspecified atom stereocenters. The molecule has 1 amide bonds. The van der Waals surface area contributed by atoms with Crippen molar-refractivity contribution in [3.63, 3.8) is 0 Å². The molecule has 0 aromatic heterocycles. The zero-order chi connectivity index (χ0) is 19.9. The first-order valence-electron chi connectivity index (χ1n) is 8.96. The molecule has 1 aliphatic rings. The lowest BCUT2D eigenvalue weighted by Crippen LogP contribution is -2.19. The molecule has 7 heteroatoms. The van der Waals surface area contributed by atoms with Crippen molar-refractivity contribution in [2.24, 2.45) is 4.99 Å². The number of amidine groups is 1. The molecule has 1 N–H and O–H groups in total. The molecular formula is C21H22N2O4S. The molecule has 0 bridgehead atoms. The molecule has 146 valence electrons. The van der Waals surface area contributed by atoms with E-state index in [9.17, 15) is 4.79 Å². The maximum Gasteiger partial charge on any atom is 0.264 e. The minimum absolute atomic E-state index is 0.178. The normalized spacial score (nSPS) is 16.3. The molecule has 0 atom stereocenters. The molecule has 1 saturated heterocycles. The van der Waals surface area contributed by atoms with Gasteiger partial charge in [-0.25, -0.2) is 4.99 Å². The molecule has 1 fully saturated rings. The molecule has 1 aliphatic heterocycles. The van der Waals surface area contributed by atoms with Crippen LogP contribution in [-0.4, -0.2) is 31.4 Å². The van der Waals surface area contributed by atoms with Crippen molar-refractivity contribution in [1.82, 2.24) is 5.32 Å². The molecule has 0 aliphatic carbocycles. The number of carbonyl (C=O) groups excluding carboxylic acids is 1. The molecule has 1 heterocycles. The highest BCUT2D eigenvalue weighted by Gasteiger charge is 2.24. The Balaban J connectivity index is 1.76. The third kappa shape index (κ3) is 4.86. The van der Waals surface area contributed by atoms with E-state index >= 15 is 0 Å². The summed E-state index contributed by atoms with van der Waals surface area (Å²) >= 11 is 1.30. The molecular weight excluding hydrogens is 376 g/mol. The van der Waals surface area contributed by atoms with Gasteiger partial charge in [-0.3, -0.25) is 4.79 Å². The van der Waals surface area contributed by atoms with Crippen LogP contribution in [0.3, 0.4) is 0 Å². The number of carbonyl (C=O) groups is 1.